The number of aromatic nitrogens is 3. The number of hydrogen-bond acceptors (Lipinski definition) is 9. The molecule has 1 aliphatic rings. The third-order valence-electron chi connectivity index (χ3n) is 5.52. The molecule has 0 radical (unpaired) electrons. The van der Waals surface area contributed by atoms with Gasteiger partial charge in [0.15, 0.2) is 5.16 Å². The topological polar surface area (TPSA) is 114 Å². The molecule has 5 rings (SSSR count). The predicted molar refractivity (Wildman–Crippen MR) is 140 cm³/mol. The summed E-state index contributed by atoms with van der Waals surface area (Å²) in [6.07, 6.45) is 5.63. The predicted octanol–water partition coefficient (Wildman–Crippen LogP) is 4.23. The number of hydrogen-bond donors (Lipinski definition) is 1. The normalized spacial score (nSPS) is 12.9. The van der Waals surface area contributed by atoms with Gasteiger partial charge < -0.3 is 10.1 Å². The molecule has 1 aromatic carbocycles. The Morgan fingerprint density at radius 2 is 1.89 bits per heavy atom. The van der Waals surface area contributed by atoms with Crippen LogP contribution in [0.1, 0.15) is 16.1 Å². The number of amides is 1. The number of ether oxygens (including phenoxy) is 1. The summed E-state index contributed by atoms with van der Waals surface area (Å²) in [5.41, 5.74) is 2.44. The van der Waals surface area contributed by atoms with E-state index in [-0.39, 0.29) is 15.8 Å². The molecule has 1 N–H and O–H groups in total. The molecule has 12 heteroatoms. The van der Waals surface area contributed by atoms with Crippen molar-refractivity contribution in [3.63, 3.8) is 0 Å². The minimum absolute atomic E-state index is 0.246. The Kier molecular flexibility index (Phi) is 6.65. The lowest BCUT2D eigenvalue weighted by Gasteiger charge is -2.18. The van der Waals surface area contributed by atoms with Crippen molar-refractivity contribution in [1.29, 1.82) is 0 Å². The van der Waals surface area contributed by atoms with Gasteiger partial charge >= 0.3 is 0 Å². The molecule has 0 fully saturated rings. The largest absolute Gasteiger partial charge is 0.457 e. The Bertz CT molecular complexity index is 1550. The summed E-state index contributed by atoms with van der Waals surface area (Å²) in [4.78, 5) is 25.3. The first-order chi connectivity index (χ1) is 17.4. The van der Waals surface area contributed by atoms with Crippen LogP contribution < -0.4 is 14.4 Å². The first-order valence-electron chi connectivity index (χ1n) is 10.9. The molecule has 9 nitrogen and oxygen atoms in total. The van der Waals surface area contributed by atoms with E-state index in [1.807, 2.05) is 12.3 Å². The number of fused-ring (bicyclic) bond motifs is 1. The maximum absolute atomic E-state index is 13.5. The van der Waals surface area contributed by atoms with Crippen molar-refractivity contribution in [3.05, 3.63) is 72.2 Å². The lowest BCUT2D eigenvalue weighted by Crippen LogP contribution is -2.28. The number of pyridine rings is 1. The van der Waals surface area contributed by atoms with E-state index in [0.717, 1.165) is 10.4 Å². The van der Waals surface area contributed by atoms with Gasteiger partial charge in [0.25, 0.3) is 15.9 Å². The van der Waals surface area contributed by atoms with Gasteiger partial charge in [-0.15, -0.1) is 11.3 Å². The average Bonchev–Trinajstić information content (AvgIpc) is 3.57. The van der Waals surface area contributed by atoms with E-state index < -0.39 is 10.0 Å². The molecule has 0 spiro atoms. The van der Waals surface area contributed by atoms with Crippen LogP contribution in [0.4, 0.5) is 5.69 Å². The van der Waals surface area contributed by atoms with Crippen LogP contribution in [0.15, 0.2) is 70.3 Å². The number of thiophene rings is 1. The smallest absolute Gasteiger partial charge is 0.273 e. The van der Waals surface area contributed by atoms with Crippen LogP contribution in [0.25, 0.3) is 10.6 Å². The number of benzene rings is 1. The standard InChI is InChI=1S/C24H21N5O4S3/c1-25-23(30)19-14-17(7-10-26-19)33-16-3-4-20-15(13-16)9-12-29(20)36(31,32)22-6-5-21(35-22)18-8-11-27-24(28-18)34-2/h3-8,10-11,13-14H,9,12H2,1-2H3,(H,25,30). The van der Waals surface area contributed by atoms with E-state index in [4.69, 9.17) is 4.74 Å². The molecule has 4 aromatic rings. The SMILES string of the molecule is CNC(=O)c1cc(Oc2ccc3c(c2)CCN3S(=O)(=O)c2ccc(-c3ccnc(SC)n3)s2)ccn1. The Hall–Kier alpha value is -3.48. The van der Waals surface area contributed by atoms with E-state index in [9.17, 15) is 13.2 Å². The van der Waals surface area contributed by atoms with Crippen molar-refractivity contribution in [3.8, 4) is 22.1 Å². The lowest BCUT2D eigenvalue weighted by molar-refractivity contribution is 0.0958. The number of nitrogens with one attached hydrogen (secondary N) is 1. The van der Waals surface area contributed by atoms with Crippen LogP contribution in [-0.2, 0) is 16.4 Å². The molecule has 0 atom stereocenters. The molecule has 4 heterocycles. The zero-order chi connectivity index (χ0) is 25.3. The van der Waals surface area contributed by atoms with Crippen molar-refractivity contribution in [1.82, 2.24) is 20.3 Å². The molecular weight excluding hydrogens is 518 g/mol. The molecule has 0 saturated heterocycles. The van der Waals surface area contributed by atoms with E-state index in [1.165, 1.54) is 40.6 Å². The van der Waals surface area contributed by atoms with Gasteiger partial charge in [-0.25, -0.2) is 18.4 Å². The zero-order valence-electron chi connectivity index (χ0n) is 19.3. The van der Waals surface area contributed by atoms with Crippen LogP contribution in [0.2, 0.25) is 0 Å². The van der Waals surface area contributed by atoms with Crippen molar-refractivity contribution in [2.75, 3.05) is 24.2 Å². The first-order valence-corrected chi connectivity index (χ1v) is 14.4. The highest BCUT2D eigenvalue weighted by atomic mass is 32.2. The number of nitrogens with zero attached hydrogens (tertiary/aromatic N) is 4. The number of sulfonamides is 1. The number of carbonyl (C=O) groups is 1. The molecule has 36 heavy (non-hydrogen) atoms. The number of carbonyl (C=O) groups excluding carboxylic acids is 1. The fourth-order valence-corrected chi connectivity index (χ4v) is 7.05. The second-order valence-corrected chi connectivity index (χ2v) is 11.7. The second kappa shape index (κ2) is 9.88. The average molecular weight is 540 g/mol. The fraction of sp³-hybridized carbons (Fsp3) is 0.167. The third kappa shape index (κ3) is 4.66. The Balaban J connectivity index is 1.37. The van der Waals surface area contributed by atoms with Gasteiger partial charge in [0.2, 0.25) is 0 Å². The van der Waals surface area contributed by atoms with Gasteiger partial charge in [-0.1, -0.05) is 11.8 Å². The van der Waals surface area contributed by atoms with Crippen molar-refractivity contribution in [2.24, 2.45) is 0 Å². The molecule has 0 bridgehead atoms. The van der Waals surface area contributed by atoms with Crippen LogP contribution >= 0.6 is 23.1 Å². The number of thioether (sulfide) groups is 1. The molecule has 1 amide bonds. The Morgan fingerprint density at radius 1 is 1.08 bits per heavy atom. The van der Waals surface area contributed by atoms with Crippen LogP contribution in [0.5, 0.6) is 11.5 Å². The number of anilines is 1. The lowest BCUT2D eigenvalue weighted by atomic mass is 10.1. The van der Waals surface area contributed by atoms with E-state index in [0.29, 0.717) is 41.0 Å². The minimum atomic E-state index is -3.74. The molecule has 184 valence electrons. The van der Waals surface area contributed by atoms with Gasteiger partial charge in [0, 0.05) is 32.1 Å². The second-order valence-electron chi connectivity index (χ2n) is 7.72. The van der Waals surface area contributed by atoms with Crippen molar-refractivity contribution >= 4 is 44.7 Å². The molecule has 0 saturated carbocycles. The molecule has 0 aliphatic carbocycles. The zero-order valence-corrected chi connectivity index (χ0v) is 21.8. The van der Waals surface area contributed by atoms with Crippen LogP contribution in [0.3, 0.4) is 0 Å². The highest BCUT2D eigenvalue weighted by Gasteiger charge is 2.32. The summed E-state index contributed by atoms with van der Waals surface area (Å²) < 4.78 is 34.6. The minimum Gasteiger partial charge on any atom is -0.457 e. The fourth-order valence-electron chi connectivity index (χ4n) is 3.81. The summed E-state index contributed by atoms with van der Waals surface area (Å²) in [6.45, 7) is 0.342. The van der Waals surface area contributed by atoms with E-state index in [2.05, 4.69) is 20.3 Å². The first kappa shape index (κ1) is 24.2. The Labute approximate surface area is 216 Å². The van der Waals surface area contributed by atoms with Gasteiger partial charge in [-0.3, -0.25) is 14.1 Å². The summed E-state index contributed by atoms with van der Waals surface area (Å²) in [5, 5.41) is 3.16. The van der Waals surface area contributed by atoms with Gasteiger partial charge in [-0.05, 0) is 60.7 Å². The Morgan fingerprint density at radius 3 is 2.69 bits per heavy atom. The molecule has 1 aliphatic heterocycles. The molecular formula is C24H21N5O4S3. The maximum atomic E-state index is 13.5. The highest BCUT2D eigenvalue weighted by molar-refractivity contribution is 7.98. The molecule has 3 aromatic heterocycles. The summed E-state index contributed by atoms with van der Waals surface area (Å²) in [6, 6.07) is 13.7. The third-order valence-corrected chi connectivity index (χ3v) is 9.48. The van der Waals surface area contributed by atoms with Crippen molar-refractivity contribution in [2.45, 2.75) is 15.8 Å². The highest BCUT2D eigenvalue weighted by Crippen LogP contribution is 2.39. The van der Waals surface area contributed by atoms with Crippen molar-refractivity contribution < 1.29 is 17.9 Å². The van der Waals surface area contributed by atoms with Crippen LogP contribution in [-0.4, -0.2) is 49.1 Å². The van der Waals surface area contributed by atoms with Gasteiger partial charge in [0.1, 0.15) is 21.4 Å². The summed E-state index contributed by atoms with van der Waals surface area (Å²) >= 11 is 2.62. The summed E-state index contributed by atoms with van der Waals surface area (Å²) in [5.74, 6) is 0.705. The molecule has 0 unspecified atom stereocenters. The maximum Gasteiger partial charge on any atom is 0.273 e. The van der Waals surface area contributed by atoms with Gasteiger partial charge in [0.05, 0.1) is 16.3 Å². The quantitative estimate of drug-likeness (QED) is 0.274. The van der Waals surface area contributed by atoms with Crippen LogP contribution in [0, 0.1) is 0 Å². The summed E-state index contributed by atoms with van der Waals surface area (Å²) in [7, 11) is -2.20. The van der Waals surface area contributed by atoms with Gasteiger partial charge in [-0.2, -0.15) is 0 Å². The monoisotopic (exact) mass is 539 g/mol. The van der Waals surface area contributed by atoms with E-state index in [1.54, 1.807) is 48.7 Å². The number of rotatable bonds is 7. The van der Waals surface area contributed by atoms with E-state index >= 15 is 0 Å².